The van der Waals surface area contributed by atoms with E-state index in [9.17, 15) is 27.2 Å². The summed E-state index contributed by atoms with van der Waals surface area (Å²) < 4.78 is 52.1. The molecule has 2 aromatic carbocycles. The number of amides is 2. The summed E-state index contributed by atoms with van der Waals surface area (Å²) in [7, 11) is 0. The van der Waals surface area contributed by atoms with Gasteiger partial charge in [0, 0.05) is 31.7 Å². The fourth-order valence-corrected chi connectivity index (χ4v) is 3.42. The first-order valence-corrected chi connectivity index (χ1v) is 9.22. The second-order valence-corrected chi connectivity index (χ2v) is 7.04. The molecular formula is C20H17ClF4N2O2. The van der Waals surface area contributed by atoms with Gasteiger partial charge in [0.25, 0.3) is 5.91 Å². The van der Waals surface area contributed by atoms with Gasteiger partial charge < -0.3 is 9.80 Å². The SMILES string of the molecule is O=C(Cc1ccccc1F)N1CCN(C(=O)c2ccc(C(F)(F)F)c(Cl)c2)CC1. The van der Waals surface area contributed by atoms with Crippen LogP contribution in [0.2, 0.25) is 5.02 Å². The van der Waals surface area contributed by atoms with Crippen molar-refractivity contribution in [3.8, 4) is 0 Å². The van der Waals surface area contributed by atoms with Gasteiger partial charge in [0.05, 0.1) is 17.0 Å². The van der Waals surface area contributed by atoms with Crippen LogP contribution in [-0.4, -0.2) is 47.8 Å². The van der Waals surface area contributed by atoms with Gasteiger partial charge in [-0.1, -0.05) is 29.8 Å². The minimum absolute atomic E-state index is 0.0501. The minimum Gasteiger partial charge on any atom is -0.339 e. The van der Waals surface area contributed by atoms with Gasteiger partial charge in [-0.25, -0.2) is 4.39 Å². The second kappa shape index (κ2) is 8.41. The van der Waals surface area contributed by atoms with Crippen molar-refractivity contribution in [2.45, 2.75) is 12.6 Å². The van der Waals surface area contributed by atoms with Crippen LogP contribution in [0.1, 0.15) is 21.5 Å². The zero-order valence-electron chi connectivity index (χ0n) is 15.2. The first kappa shape index (κ1) is 21.1. The Hall–Kier alpha value is -2.61. The number of piperazine rings is 1. The van der Waals surface area contributed by atoms with Crippen molar-refractivity contribution >= 4 is 23.4 Å². The summed E-state index contributed by atoms with van der Waals surface area (Å²) in [4.78, 5) is 27.9. The van der Waals surface area contributed by atoms with Crippen molar-refractivity contribution in [1.82, 2.24) is 9.80 Å². The molecule has 0 radical (unpaired) electrons. The van der Waals surface area contributed by atoms with E-state index in [1.807, 2.05) is 0 Å². The molecule has 0 atom stereocenters. The van der Waals surface area contributed by atoms with Crippen molar-refractivity contribution < 1.29 is 27.2 Å². The molecule has 2 amide bonds. The zero-order valence-corrected chi connectivity index (χ0v) is 15.9. The van der Waals surface area contributed by atoms with Gasteiger partial charge in [0.1, 0.15) is 5.82 Å². The molecule has 0 bridgehead atoms. The van der Waals surface area contributed by atoms with Crippen molar-refractivity contribution in [2.75, 3.05) is 26.2 Å². The molecule has 1 heterocycles. The van der Waals surface area contributed by atoms with Gasteiger partial charge >= 0.3 is 6.18 Å². The highest BCUT2D eigenvalue weighted by Gasteiger charge is 2.34. The molecule has 29 heavy (non-hydrogen) atoms. The maximum atomic E-state index is 13.7. The van der Waals surface area contributed by atoms with Crippen LogP contribution in [-0.2, 0) is 17.4 Å². The Kier molecular flexibility index (Phi) is 6.12. The zero-order chi connectivity index (χ0) is 21.2. The molecule has 1 aliphatic heterocycles. The summed E-state index contributed by atoms with van der Waals surface area (Å²) in [6.45, 7) is 0.960. The lowest BCUT2D eigenvalue weighted by atomic mass is 10.1. The largest absolute Gasteiger partial charge is 0.417 e. The van der Waals surface area contributed by atoms with Gasteiger partial charge in [0.15, 0.2) is 0 Å². The molecule has 1 aliphatic rings. The fourth-order valence-electron chi connectivity index (χ4n) is 3.14. The average molecular weight is 429 g/mol. The lowest BCUT2D eigenvalue weighted by molar-refractivity contribution is -0.137. The van der Waals surface area contributed by atoms with Crippen LogP contribution in [0.5, 0.6) is 0 Å². The third-order valence-corrected chi connectivity index (χ3v) is 5.05. The quantitative estimate of drug-likeness (QED) is 0.693. The molecule has 1 saturated heterocycles. The summed E-state index contributed by atoms with van der Waals surface area (Å²) >= 11 is 5.68. The predicted molar refractivity (Wildman–Crippen MR) is 99.0 cm³/mol. The number of rotatable bonds is 3. The van der Waals surface area contributed by atoms with E-state index in [4.69, 9.17) is 11.6 Å². The van der Waals surface area contributed by atoms with E-state index in [2.05, 4.69) is 0 Å². The van der Waals surface area contributed by atoms with E-state index in [1.165, 1.54) is 15.9 Å². The number of hydrogen-bond donors (Lipinski definition) is 0. The number of carbonyl (C=O) groups is 2. The number of nitrogens with zero attached hydrogens (tertiary/aromatic N) is 2. The Morgan fingerprint density at radius 3 is 2.17 bits per heavy atom. The van der Waals surface area contributed by atoms with Crippen molar-refractivity contribution in [3.63, 3.8) is 0 Å². The molecule has 154 valence electrons. The highest BCUT2D eigenvalue weighted by Crippen LogP contribution is 2.35. The van der Waals surface area contributed by atoms with Crippen LogP contribution in [0.3, 0.4) is 0 Å². The molecule has 0 aliphatic carbocycles. The van der Waals surface area contributed by atoms with Crippen molar-refractivity contribution in [1.29, 1.82) is 0 Å². The van der Waals surface area contributed by atoms with Crippen LogP contribution in [0.15, 0.2) is 42.5 Å². The van der Waals surface area contributed by atoms with E-state index in [0.717, 1.165) is 18.2 Å². The fraction of sp³-hybridized carbons (Fsp3) is 0.300. The van der Waals surface area contributed by atoms with Crippen molar-refractivity contribution in [2.24, 2.45) is 0 Å². The van der Waals surface area contributed by atoms with E-state index in [1.54, 1.807) is 18.2 Å². The maximum Gasteiger partial charge on any atom is 0.417 e. The van der Waals surface area contributed by atoms with Gasteiger partial charge in [-0.15, -0.1) is 0 Å². The molecule has 1 fully saturated rings. The van der Waals surface area contributed by atoms with Crippen LogP contribution >= 0.6 is 11.6 Å². The summed E-state index contributed by atoms with van der Waals surface area (Å²) in [5.41, 5.74) is -0.649. The first-order valence-electron chi connectivity index (χ1n) is 8.84. The summed E-state index contributed by atoms with van der Waals surface area (Å²) in [6, 6.07) is 8.90. The monoisotopic (exact) mass is 428 g/mol. The number of alkyl halides is 3. The molecular weight excluding hydrogens is 412 g/mol. The highest BCUT2D eigenvalue weighted by atomic mass is 35.5. The molecule has 0 unspecified atom stereocenters. The normalized spacial score (nSPS) is 14.8. The van der Waals surface area contributed by atoms with Crippen LogP contribution in [0, 0.1) is 5.82 Å². The van der Waals surface area contributed by atoms with Crippen LogP contribution < -0.4 is 0 Å². The Morgan fingerprint density at radius 2 is 1.59 bits per heavy atom. The first-order chi connectivity index (χ1) is 13.7. The number of benzene rings is 2. The van der Waals surface area contributed by atoms with E-state index < -0.39 is 28.5 Å². The highest BCUT2D eigenvalue weighted by molar-refractivity contribution is 6.31. The molecule has 0 aromatic heterocycles. The van der Waals surface area contributed by atoms with E-state index in [0.29, 0.717) is 5.56 Å². The number of hydrogen-bond acceptors (Lipinski definition) is 2. The predicted octanol–water partition coefficient (Wildman–Crippen LogP) is 4.03. The average Bonchev–Trinajstić information content (AvgIpc) is 2.68. The molecule has 3 rings (SSSR count). The lowest BCUT2D eigenvalue weighted by Gasteiger charge is -2.35. The molecule has 9 heteroatoms. The summed E-state index contributed by atoms with van der Waals surface area (Å²) in [6.07, 6.45) is -4.67. The van der Waals surface area contributed by atoms with E-state index >= 15 is 0 Å². The van der Waals surface area contributed by atoms with Crippen LogP contribution in [0.4, 0.5) is 17.6 Å². The Bertz CT molecular complexity index is 925. The number of carbonyl (C=O) groups excluding carboxylic acids is 2. The summed E-state index contributed by atoms with van der Waals surface area (Å²) in [5.74, 6) is -1.16. The van der Waals surface area contributed by atoms with Crippen molar-refractivity contribution in [3.05, 3.63) is 70.0 Å². The van der Waals surface area contributed by atoms with Gasteiger partial charge in [-0.3, -0.25) is 9.59 Å². The summed E-state index contributed by atoms with van der Waals surface area (Å²) in [5, 5.41) is -0.540. The van der Waals surface area contributed by atoms with Gasteiger partial charge in [-0.2, -0.15) is 13.2 Å². The molecule has 0 N–H and O–H groups in total. The second-order valence-electron chi connectivity index (χ2n) is 6.63. The minimum atomic E-state index is -4.59. The van der Waals surface area contributed by atoms with Crippen LogP contribution in [0.25, 0.3) is 0 Å². The lowest BCUT2D eigenvalue weighted by Crippen LogP contribution is -2.51. The molecule has 2 aromatic rings. The Labute approximate surface area is 169 Å². The molecule has 0 saturated carbocycles. The maximum absolute atomic E-state index is 13.7. The smallest absolute Gasteiger partial charge is 0.339 e. The molecule has 0 spiro atoms. The Morgan fingerprint density at radius 1 is 0.966 bits per heavy atom. The van der Waals surface area contributed by atoms with Gasteiger partial charge in [0.2, 0.25) is 5.91 Å². The topological polar surface area (TPSA) is 40.6 Å². The number of halogens is 5. The Balaban J connectivity index is 1.60. The molecule has 4 nitrogen and oxygen atoms in total. The van der Waals surface area contributed by atoms with E-state index in [-0.39, 0.29) is 44.1 Å². The third kappa shape index (κ3) is 4.87. The third-order valence-electron chi connectivity index (χ3n) is 4.74. The van der Waals surface area contributed by atoms with Gasteiger partial charge in [-0.05, 0) is 29.8 Å². The standard InChI is InChI=1S/C20H17ClF4N2O2/c21-16-11-14(5-6-15(16)20(23,24)25)19(29)27-9-7-26(8-10-27)18(28)12-13-3-1-2-4-17(13)22/h1-6,11H,7-10,12H2.